The largest absolute Gasteiger partial charge is 0.355 e. The fourth-order valence-corrected chi connectivity index (χ4v) is 2.30. The predicted molar refractivity (Wildman–Crippen MR) is 83.4 cm³/mol. The number of carbonyl (C=O) groups excluding carboxylic acids is 2. The summed E-state index contributed by atoms with van der Waals surface area (Å²) < 4.78 is 0. The van der Waals surface area contributed by atoms with Crippen molar-refractivity contribution in [2.45, 2.75) is 19.3 Å². The zero-order valence-electron chi connectivity index (χ0n) is 12.1. The molecule has 21 heavy (non-hydrogen) atoms. The third kappa shape index (κ3) is 5.06. The van der Waals surface area contributed by atoms with Crippen LogP contribution in [0.25, 0.3) is 0 Å². The molecule has 0 saturated carbocycles. The molecular weight excluding hydrogens is 264 g/mol. The summed E-state index contributed by atoms with van der Waals surface area (Å²) in [6.07, 6.45) is 18.0. The van der Waals surface area contributed by atoms with Crippen molar-refractivity contribution in [2.24, 2.45) is 11.8 Å². The van der Waals surface area contributed by atoms with E-state index in [0.717, 1.165) is 19.3 Å². The minimum absolute atomic E-state index is 0.0631. The summed E-state index contributed by atoms with van der Waals surface area (Å²) in [4.78, 5) is 23.4. The van der Waals surface area contributed by atoms with E-state index >= 15 is 0 Å². The fourth-order valence-electron chi connectivity index (χ4n) is 2.30. The maximum Gasteiger partial charge on any atom is 0.230 e. The van der Waals surface area contributed by atoms with E-state index < -0.39 is 0 Å². The van der Waals surface area contributed by atoms with Gasteiger partial charge in [0.05, 0.1) is 11.8 Å². The monoisotopic (exact) mass is 286 g/mol. The lowest BCUT2D eigenvalue weighted by molar-refractivity contribution is -0.123. The van der Waals surface area contributed by atoms with Crippen LogP contribution >= 0.6 is 0 Å². The van der Waals surface area contributed by atoms with Crippen LogP contribution in [0.15, 0.2) is 48.6 Å². The molecule has 0 radical (unpaired) electrons. The van der Waals surface area contributed by atoms with E-state index in [1.54, 1.807) is 0 Å². The molecule has 0 aromatic heterocycles. The van der Waals surface area contributed by atoms with Gasteiger partial charge < -0.3 is 10.6 Å². The molecule has 0 aromatic rings. The molecule has 2 aliphatic carbocycles. The highest BCUT2D eigenvalue weighted by atomic mass is 16.2. The molecule has 0 fully saturated rings. The Bertz CT molecular complexity index is 421. The van der Waals surface area contributed by atoms with Crippen molar-refractivity contribution in [3.05, 3.63) is 48.6 Å². The van der Waals surface area contributed by atoms with E-state index in [1.807, 2.05) is 48.6 Å². The lowest BCUT2D eigenvalue weighted by Crippen LogP contribution is -2.30. The highest BCUT2D eigenvalue weighted by molar-refractivity contribution is 5.83. The SMILES string of the molecule is O=C(NCCCCCNC(=O)C1C=CC=C1)C1C=CC=C1. The minimum atomic E-state index is -0.100. The Morgan fingerprint density at radius 3 is 1.43 bits per heavy atom. The highest BCUT2D eigenvalue weighted by Gasteiger charge is 2.13. The van der Waals surface area contributed by atoms with Crippen molar-refractivity contribution >= 4 is 11.8 Å². The number of unbranched alkanes of at least 4 members (excludes halogenated alkanes) is 2. The van der Waals surface area contributed by atoms with E-state index in [9.17, 15) is 9.59 Å². The molecule has 0 aromatic carbocycles. The van der Waals surface area contributed by atoms with Gasteiger partial charge >= 0.3 is 0 Å². The summed E-state index contributed by atoms with van der Waals surface area (Å²) >= 11 is 0. The molecule has 0 heterocycles. The van der Waals surface area contributed by atoms with Crippen LogP contribution in [-0.2, 0) is 9.59 Å². The second-order valence-electron chi connectivity index (χ2n) is 5.23. The van der Waals surface area contributed by atoms with Crippen molar-refractivity contribution in [3.8, 4) is 0 Å². The molecule has 0 atom stereocenters. The number of nitrogens with one attached hydrogen (secondary N) is 2. The summed E-state index contributed by atoms with van der Waals surface area (Å²) in [5.41, 5.74) is 0. The van der Waals surface area contributed by atoms with Crippen LogP contribution in [0.2, 0.25) is 0 Å². The van der Waals surface area contributed by atoms with Crippen molar-refractivity contribution in [3.63, 3.8) is 0 Å². The maximum atomic E-state index is 11.7. The third-order valence-electron chi connectivity index (χ3n) is 3.55. The van der Waals surface area contributed by atoms with E-state index in [2.05, 4.69) is 10.6 Å². The number of hydrogen-bond donors (Lipinski definition) is 2. The molecule has 0 saturated heterocycles. The molecule has 0 unspecified atom stereocenters. The first-order valence-electron chi connectivity index (χ1n) is 7.53. The first-order valence-corrected chi connectivity index (χ1v) is 7.53. The molecule has 4 nitrogen and oxygen atoms in total. The maximum absolute atomic E-state index is 11.7. The second kappa shape index (κ2) is 8.25. The van der Waals surface area contributed by atoms with E-state index in [-0.39, 0.29) is 23.7 Å². The smallest absolute Gasteiger partial charge is 0.230 e. The van der Waals surface area contributed by atoms with Gasteiger partial charge in [0.1, 0.15) is 0 Å². The van der Waals surface area contributed by atoms with Gasteiger partial charge in [-0.15, -0.1) is 0 Å². The molecule has 2 N–H and O–H groups in total. The Hall–Kier alpha value is -2.10. The molecule has 112 valence electrons. The van der Waals surface area contributed by atoms with Crippen LogP contribution < -0.4 is 10.6 Å². The van der Waals surface area contributed by atoms with Crippen LogP contribution in [-0.4, -0.2) is 24.9 Å². The Labute approximate surface area is 125 Å². The topological polar surface area (TPSA) is 58.2 Å². The van der Waals surface area contributed by atoms with Crippen LogP contribution in [0.4, 0.5) is 0 Å². The average molecular weight is 286 g/mol. The number of rotatable bonds is 8. The van der Waals surface area contributed by atoms with Gasteiger partial charge in [-0.2, -0.15) is 0 Å². The lowest BCUT2D eigenvalue weighted by atomic mass is 10.1. The van der Waals surface area contributed by atoms with E-state index in [1.165, 1.54) is 0 Å². The molecular formula is C17H22N2O2. The Morgan fingerprint density at radius 1 is 0.667 bits per heavy atom. The van der Waals surface area contributed by atoms with Crippen LogP contribution in [0.1, 0.15) is 19.3 Å². The highest BCUT2D eigenvalue weighted by Crippen LogP contribution is 2.09. The van der Waals surface area contributed by atoms with Crippen LogP contribution in [0, 0.1) is 11.8 Å². The van der Waals surface area contributed by atoms with Gasteiger partial charge in [0.15, 0.2) is 0 Å². The van der Waals surface area contributed by atoms with E-state index in [0.29, 0.717) is 13.1 Å². The first-order chi connectivity index (χ1) is 10.3. The van der Waals surface area contributed by atoms with E-state index in [4.69, 9.17) is 0 Å². The zero-order valence-corrected chi connectivity index (χ0v) is 12.1. The average Bonchev–Trinajstić information content (AvgIpc) is 3.18. The van der Waals surface area contributed by atoms with Crippen molar-refractivity contribution in [1.29, 1.82) is 0 Å². The number of hydrogen-bond acceptors (Lipinski definition) is 2. The first kappa shape index (κ1) is 15.3. The van der Waals surface area contributed by atoms with Crippen molar-refractivity contribution in [2.75, 3.05) is 13.1 Å². The van der Waals surface area contributed by atoms with Gasteiger partial charge in [-0.25, -0.2) is 0 Å². The van der Waals surface area contributed by atoms with Gasteiger partial charge in [0.25, 0.3) is 0 Å². The number of allylic oxidation sites excluding steroid dienone is 4. The van der Waals surface area contributed by atoms with Crippen molar-refractivity contribution < 1.29 is 9.59 Å². The van der Waals surface area contributed by atoms with Gasteiger partial charge in [-0.3, -0.25) is 9.59 Å². The second-order valence-corrected chi connectivity index (χ2v) is 5.23. The molecule has 0 aliphatic heterocycles. The quantitative estimate of drug-likeness (QED) is 0.669. The summed E-state index contributed by atoms with van der Waals surface area (Å²) in [5.74, 6) is -0.0742. The lowest BCUT2D eigenvalue weighted by Gasteiger charge is -2.09. The Kier molecular flexibility index (Phi) is 6.00. The molecule has 0 bridgehead atoms. The number of carbonyl (C=O) groups is 2. The van der Waals surface area contributed by atoms with Crippen molar-refractivity contribution in [1.82, 2.24) is 10.6 Å². The standard InChI is InChI=1S/C17H22N2O2/c20-16(14-8-2-3-9-14)18-12-6-1-7-13-19-17(21)15-10-4-5-11-15/h2-5,8-11,14-15H,1,6-7,12-13H2,(H,18,20)(H,19,21). The Morgan fingerprint density at radius 2 is 1.05 bits per heavy atom. The zero-order chi connectivity index (χ0) is 14.9. The van der Waals surface area contributed by atoms with Crippen LogP contribution in [0.5, 0.6) is 0 Å². The third-order valence-corrected chi connectivity index (χ3v) is 3.55. The number of amides is 2. The molecule has 2 amide bonds. The summed E-state index contributed by atoms with van der Waals surface area (Å²) in [7, 11) is 0. The Balaban J connectivity index is 1.45. The molecule has 4 heteroatoms. The molecule has 2 aliphatic rings. The van der Waals surface area contributed by atoms with Gasteiger partial charge in [0, 0.05) is 13.1 Å². The summed E-state index contributed by atoms with van der Waals surface area (Å²) in [5, 5.41) is 5.84. The summed E-state index contributed by atoms with van der Waals surface area (Å²) in [6, 6.07) is 0. The summed E-state index contributed by atoms with van der Waals surface area (Å²) in [6.45, 7) is 1.39. The fraction of sp³-hybridized carbons (Fsp3) is 0.412. The van der Waals surface area contributed by atoms with Gasteiger partial charge in [-0.05, 0) is 19.3 Å². The normalized spacial score (nSPS) is 16.8. The molecule has 2 rings (SSSR count). The van der Waals surface area contributed by atoms with Gasteiger partial charge in [0.2, 0.25) is 11.8 Å². The minimum Gasteiger partial charge on any atom is -0.355 e. The predicted octanol–water partition coefficient (Wildman–Crippen LogP) is 1.87. The van der Waals surface area contributed by atoms with Crippen LogP contribution in [0.3, 0.4) is 0 Å². The van der Waals surface area contributed by atoms with Gasteiger partial charge in [-0.1, -0.05) is 48.6 Å². The molecule has 0 spiro atoms.